The smallest absolute Gasteiger partial charge is 0.325 e. The summed E-state index contributed by atoms with van der Waals surface area (Å²) in [5.74, 6) is -0.415. The summed E-state index contributed by atoms with van der Waals surface area (Å²) in [6.07, 6.45) is 4.41. The number of amides is 2. The SMILES string of the molecule is O=C(CNC(=O)N1CCCCCC1)OCc1ccccc1. The minimum absolute atomic E-state index is 0.0812. The van der Waals surface area contributed by atoms with Gasteiger partial charge < -0.3 is 15.0 Å². The highest BCUT2D eigenvalue weighted by atomic mass is 16.5. The van der Waals surface area contributed by atoms with Crippen LogP contribution in [0.3, 0.4) is 0 Å². The van der Waals surface area contributed by atoms with E-state index in [1.807, 2.05) is 30.3 Å². The summed E-state index contributed by atoms with van der Waals surface area (Å²) < 4.78 is 5.12. The van der Waals surface area contributed by atoms with Crippen LogP contribution < -0.4 is 5.32 Å². The summed E-state index contributed by atoms with van der Waals surface area (Å²) in [5.41, 5.74) is 0.935. The zero-order valence-electron chi connectivity index (χ0n) is 12.2. The Hall–Kier alpha value is -2.04. The van der Waals surface area contributed by atoms with Crippen molar-refractivity contribution in [2.24, 2.45) is 0 Å². The maximum absolute atomic E-state index is 11.9. The Balaban J connectivity index is 1.67. The number of hydrogen-bond donors (Lipinski definition) is 1. The molecule has 1 fully saturated rings. The first-order valence-electron chi connectivity index (χ1n) is 7.48. The molecule has 5 heteroatoms. The molecule has 1 aromatic rings. The number of benzene rings is 1. The van der Waals surface area contributed by atoms with E-state index in [0.29, 0.717) is 0 Å². The number of carbonyl (C=O) groups is 2. The third-order valence-electron chi connectivity index (χ3n) is 3.52. The highest BCUT2D eigenvalue weighted by Crippen LogP contribution is 2.09. The monoisotopic (exact) mass is 290 g/mol. The summed E-state index contributed by atoms with van der Waals surface area (Å²) in [6.45, 7) is 1.69. The van der Waals surface area contributed by atoms with Crippen molar-refractivity contribution in [2.45, 2.75) is 32.3 Å². The van der Waals surface area contributed by atoms with E-state index in [2.05, 4.69) is 5.32 Å². The average Bonchev–Trinajstić information content (AvgIpc) is 2.81. The van der Waals surface area contributed by atoms with Crippen molar-refractivity contribution in [2.75, 3.05) is 19.6 Å². The highest BCUT2D eigenvalue weighted by molar-refractivity contribution is 5.80. The molecule has 1 aliphatic rings. The molecule has 2 rings (SSSR count). The van der Waals surface area contributed by atoms with Gasteiger partial charge in [0.05, 0.1) is 0 Å². The Morgan fingerprint density at radius 1 is 1.05 bits per heavy atom. The lowest BCUT2D eigenvalue weighted by Gasteiger charge is -2.20. The van der Waals surface area contributed by atoms with Gasteiger partial charge in [-0.25, -0.2) is 4.79 Å². The first-order valence-corrected chi connectivity index (χ1v) is 7.48. The van der Waals surface area contributed by atoms with Crippen molar-refractivity contribution in [1.82, 2.24) is 10.2 Å². The second-order valence-electron chi connectivity index (χ2n) is 5.21. The van der Waals surface area contributed by atoms with Crippen molar-refractivity contribution in [3.63, 3.8) is 0 Å². The molecule has 2 amide bonds. The third kappa shape index (κ3) is 5.45. The number of nitrogens with one attached hydrogen (secondary N) is 1. The standard InChI is InChI=1S/C16H22N2O3/c19-15(21-13-14-8-4-3-5-9-14)12-17-16(20)18-10-6-1-2-7-11-18/h3-5,8-9H,1-2,6-7,10-13H2,(H,17,20). The molecule has 1 aromatic carbocycles. The Labute approximate surface area is 125 Å². The van der Waals surface area contributed by atoms with Crippen LogP contribution in [-0.2, 0) is 16.1 Å². The summed E-state index contributed by atoms with van der Waals surface area (Å²) in [4.78, 5) is 25.3. The molecule has 0 aromatic heterocycles. The molecule has 0 unspecified atom stereocenters. The fourth-order valence-electron chi connectivity index (χ4n) is 2.32. The van der Waals surface area contributed by atoms with Crippen LogP contribution in [0.1, 0.15) is 31.2 Å². The van der Waals surface area contributed by atoms with Crippen molar-refractivity contribution in [3.8, 4) is 0 Å². The fraction of sp³-hybridized carbons (Fsp3) is 0.500. The first kappa shape index (κ1) is 15.4. The number of likely N-dealkylation sites (tertiary alicyclic amines) is 1. The number of carbonyl (C=O) groups excluding carboxylic acids is 2. The van der Waals surface area contributed by atoms with Gasteiger partial charge in [0, 0.05) is 13.1 Å². The number of esters is 1. The minimum Gasteiger partial charge on any atom is -0.460 e. The quantitative estimate of drug-likeness (QED) is 0.866. The molecular weight excluding hydrogens is 268 g/mol. The van der Waals surface area contributed by atoms with Gasteiger partial charge in [0.1, 0.15) is 13.2 Å². The second kappa shape index (κ2) is 8.29. The second-order valence-corrected chi connectivity index (χ2v) is 5.21. The number of urea groups is 1. The molecule has 0 saturated carbocycles. The lowest BCUT2D eigenvalue weighted by atomic mass is 10.2. The molecule has 5 nitrogen and oxygen atoms in total. The molecule has 21 heavy (non-hydrogen) atoms. The predicted molar refractivity (Wildman–Crippen MR) is 79.7 cm³/mol. The van der Waals surface area contributed by atoms with E-state index in [0.717, 1.165) is 31.5 Å². The Morgan fingerprint density at radius 3 is 2.38 bits per heavy atom. The fourth-order valence-corrected chi connectivity index (χ4v) is 2.32. The van der Waals surface area contributed by atoms with E-state index in [-0.39, 0.29) is 19.2 Å². The first-order chi connectivity index (χ1) is 10.3. The lowest BCUT2D eigenvalue weighted by Crippen LogP contribution is -2.42. The Morgan fingerprint density at radius 2 is 1.71 bits per heavy atom. The van der Waals surface area contributed by atoms with Gasteiger partial charge in [-0.15, -0.1) is 0 Å². The highest BCUT2D eigenvalue weighted by Gasteiger charge is 2.16. The molecule has 0 aliphatic carbocycles. The van der Waals surface area contributed by atoms with Crippen molar-refractivity contribution in [1.29, 1.82) is 0 Å². The van der Waals surface area contributed by atoms with Crippen LogP contribution in [0.25, 0.3) is 0 Å². The number of hydrogen-bond acceptors (Lipinski definition) is 3. The van der Waals surface area contributed by atoms with Gasteiger partial charge >= 0.3 is 12.0 Å². The normalized spacial score (nSPS) is 15.1. The maximum atomic E-state index is 11.9. The van der Waals surface area contributed by atoms with Crippen molar-refractivity contribution in [3.05, 3.63) is 35.9 Å². The average molecular weight is 290 g/mol. The Bertz CT molecular complexity index is 454. The van der Waals surface area contributed by atoms with E-state index < -0.39 is 5.97 Å². The van der Waals surface area contributed by atoms with Gasteiger partial charge in [0.15, 0.2) is 0 Å². The molecule has 1 aliphatic heterocycles. The largest absolute Gasteiger partial charge is 0.460 e. The van der Waals surface area contributed by atoms with E-state index in [9.17, 15) is 9.59 Å². The van der Waals surface area contributed by atoms with Gasteiger partial charge in [0.2, 0.25) is 0 Å². The van der Waals surface area contributed by atoms with Crippen LogP contribution in [0.5, 0.6) is 0 Å². The third-order valence-corrected chi connectivity index (χ3v) is 3.52. The zero-order valence-corrected chi connectivity index (χ0v) is 12.2. The van der Waals surface area contributed by atoms with E-state index in [4.69, 9.17) is 4.74 Å². The van der Waals surface area contributed by atoms with Crippen LogP contribution in [-0.4, -0.2) is 36.5 Å². The minimum atomic E-state index is -0.415. The molecule has 1 heterocycles. The zero-order chi connectivity index (χ0) is 14.9. The summed E-state index contributed by atoms with van der Waals surface area (Å²) in [7, 11) is 0. The van der Waals surface area contributed by atoms with Crippen LogP contribution in [0.2, 0.25) is 0 Å². The summed E-state index contributed by atoms with van der Waals surface area (Å²) in [6, 6.07) is 9.31. The molecule has 0 spiro atoms. The topological polar surface area (TPSA) is 58.6 Å². The van der Waals surface area contributed by atoms with Gasteiger partial charge in [-0.3, -0.25) is 4.79 Å². The van der Waals surface area contributed by atoms with Gasteiger partial charge in [-0.2, -0.15) is 0 Å². The molecule has 0 atom stereocenters. The van der Waals surface area contributed by atoms with Crippen LogP contribution >= 0.6 is 0 Å². The number of rotatable bonds is 4. The van der Waals surface area contributed by atoms with E-state index >= 15 is 0 Å². The van der Waals surface area contributed by atoms with E-state index in [1.54, 1.807) is 4.90 Å². The molecule has 0 radical (unpaired) electrons. The molecule has 1 N–H and O–H groups in total. The number of ether oxygens (including phenoxy) is 1. The predicted octanol–water partition coefficient (Wildman–Crippen LogP) is 2.32. The molecule has 114 valence electrons. The van der Waals surface area contributed by atoms with Crippen LogP contribution in [0.15, 0.2) is 30.3 Å². The van der Waals surface area contributed by atoms with Crippen LogP contribution in [0.4, 0.5) is 4.79 Å². The van der Waals surface area contributed by atoms with Crippen molar-refractivity contribution < 1.29 is 14.3 Å². The van der Waals surface area contributed by atoms with Crippen molar-refractivity contribution >= 4 is 12.0 Å². The van der Waals surface area contributed by atoms with Gasteiger partial charge in [-0.05, 0) is 18.4 Å². The molecule has 0 bridgehead atoms. The van der Waals surface area contributed by atoms with Crippen LogP contribution in [0, 0.1) is 0 Å². The summed E-state index contributed by atoms with van der Waals surface area (Å²) in [5, 5.41) is 2.63. The summed E-state index contributed by atoms with van der Waals surface area (Å²) >= 11 is 0. The Kier molecular flexibility index (Phi) is 6.06. The van der Waals surface area contributed by atoms with Gasteiger partial charge in [-0.1, -0.05) is 43.2 Å². The lowest BCUT2D eigenvalue weighted by molar-refractivity contribution is -0.143. The molecule has 1 saturated heterocycles. The molecular formula is C16H22N2O3. The van der Waals surface area contributed by atoms with E-state index in [1.165, 1.54) is 12.8 Å². The maximum Gasteiger partial charge on any atom is 0.325 e. The van der Waals surface area contributed by atoms with Gasteiger partial charge in [0.25, 0.3) is 0 Å². The number of nitrogens with zero attached hydrogens (tertiary/aromatic N) is 1.